The summed E-state index contributed by atoms with van der Waals surface area (Å²) in [7, 11) is 1.72. The Bertz CT molecular complexity index is 1150. The van der Waals surface area contributed by atoms with Crippen molar-refractivity contribution in [3.05, 3.63) is 53.1 Å². The van der Waals surface area contributed by atoms with Gasteiger partial charge in [-0.2, -0.15) is 0 Å². The Morgan fingerprint density at radius 3 is 2.71 bits per heavy atom. The second-order valence-electron chi connectivity index (χ2n) is 9.11. The summed E-state index contributed by atoms with van der Waals surface area (Å²) in [6.45, 7) is 8.97. The fourth-order valence-electron chi connectivity index (χ4n) is 4.13. The number of halogens is 1. The molecule has 1 aliphatic carbocycles. The lowest BCUT2D eigenvalue weighted by atomic mass is 9.97. The fraction of sp³-hybridized carbons (Fsp3) is 0.440. The molecule has 3 aromatic rings. The molecule has 0 unspecified atom stereocenters. The van der Waals surface area contributed by atoms with E-state index in [4.69, 9.17) is 21.9 Å². The number of benzene rings is 1. The van der Waals surface area contributed by atoms with E-state index >= 15 is 0 Å². The zero-order valence-corrected chi connectivity index (χ0v) is 19.7. The van der Waals surface area contributed by atoms with Crippen molar-refractivity contribution >= 4 is 28.2 Å². The van der Waals surface area contributed by atoms with Crippen LogP contribution in [-0.4, -0.2) is 34.3 Å². The van der Waals surface area contributed by atoms with Gasteiger partial charge in [0.25, 0.3) is 0 Å². The van der Waals surface area contributed by atoms with Crippen LogP contribution in [0.2, 0.25) is 0 Å². The summed E-state index contributed by atoms with van der Waals surface area (Å²) < 4.78 is 22.3. The first-order valence-corrected chi connectivity index (χ1v) is 11.3. The third-order valence-electron chi connectivity index (χ3n) is 6.04. The number of thiocarbonyl (C=S) groups is 1. The van der Waals surface area contributed by atoms with Gasteiger partial charge in [0.05, 0.1) is 12.1 Å². The van der Waals surface area contributed by atoms with Gasteiger partial charge in [-0.25, -0.2) is 9.37 Å². The van der Waals surface area contributed by atoms with Crippen LogP contribution in [0.3, 0.4) is 0 Å². The molecule has 4 nitrogen and oxygen atoms in total. The topological polar surface area (TPSA) is 39.1 Å². The van der Waals surface area contributed by atoms with E-state index in [1.807, 2.05) is 19.2 Å². The molecule has 0 atom stereocenters. The average molecular weight is 440 g/mol. The number of pyridine rings is 1. The second kappa shape index (κ2) is 8.32. The van der Waals surface area contributed by atoms with Crippen molar-refractivity contribution in [2.75, 3.05) is 13.7 Å². The molecular weight excluding hydrogens is 409 g/mol. The van der Waals surface area contributed by atoms with Gasteiger partial charge in [-0.15, -0.1) is 0 Å². The number of nitrogens with zero attached hydrogens (tertiary/aromatic N) is 2. The van der Waals surface area contributed by atoms with Gasteiger partial charge in [0.15, 0.2) is 0 Å². The van der Waals surface area contributed by atoms with Crippen molar-refractivity contribution in [3.63, 3.8) is 0 Å². The lowest BCUT2D eigenvalue weighted by Gasteiger charge is -2.26. The molecule has 1 N–H and O–H groups in total. The van der Waals surface area contributed by atoms with Gasteiger partial charge in [0, 0.05) is 42.1 Å². The van der Waals surface area contributed by atoms with Crippen LogP contribution in [-0.2, 0) is 16.7 Å². The fourth-order valence-corrected chi connectivity index (χ4v) is 4.46. The quantitative estimate of drug-likeness (QED) is 0.492. The van der Waals surface area contributed by atoms with Crippen LogP contribution in [0.4, 0.5) is 4.39 Å². The molecule has 1 saturated carbocycles. The van der Waals surface area contributed by atoms with E-state index in [-0.39, 0.29) is 11.4 Å². The number of hydrogen-bond donors (Lipinski definition) is 1. The summed E-state index contributed by atoms with van der Waals surface area (Å²) in [5.74, 6) is -0.282. The van der Waals surface area contributed by atoms with Gasteiger partial charge < -0.3 is 14.6 Å². The largest absolute Gasteiger partial charge is 0.382 e. The van der Waals surface area contributed by atoms with Gasteiger partial charge in [-0.1, -0.05) is 19.1 Å². The van der Waals surface area contributed by atoms with Gasteiger partial charge >= 0.3 is 0 Å². The van der Waals surface area contributed by atoms with Crippen molar-refractivity contribution in [1.82, 2.24) is 14.9 Å². The Hall–Kier alpha value is -2.31. The van der Waals surface area contributed by atoms with Crippen LogP contribution in [0.5, 0.6) is 0 Å². The van der Waals surface area contributed by atoms with Gasteiger partial charge in [-0.3, -0.25) is 0 Å². The summed E-state index contributed by atoms with van der Waals surface area (Å²) in [4.78, 5) is 5.32. The summed E-state index contributed by atoms with van der Waals surface area (Å²) >= 11 is 5.48. The van der Waals surface area contributed by atoms with Crippen LogP contribution >= 0.6 is 12.2 Å². The predicted octanol–water partition coefficient (Wildman–Crippen LogP) is 5.52. The molecule has 164 valence electrons. The van der Waals surface area contributed by atoms with Crippen LogP contribution in [0.15, 0.2) is 30.6 Å². The molecule has 1 aliphatic rings. The van der Waals surface area contributed by atoms with Crippen molar-refractivity contribution in [1.29, 1.82) is 0 Å². The van der Waals surface area contributed by atoms with Crippen LogP contribution < -0.4 is 5.32 Å². The van der Waals surface area contributed by atoms with Crippen LogP contribution in [0, 0.1) is 12.7 Å². The zero-order chi connectivity index (χ0) is 22.3. The van der Waals surface area contributed by atoms with Crippen molar-refractivity contribution < 1.29 is 9.13 Å². The number of nitrogens with one attached hydrogen (secondary N) is 1. The summed E-state index contributed by atoms with van der Waals surface area (Å²) in [5, 5.41) is 4.37. The molecule has 0 amide bonds. The van der Waals surface area contributed by atoms with E-state index < -0.39 is 0 Å². The number of aromatic nitrogens is 2. The lowest BCUT2D eigenvalue weighted by molar-refractivity contribution is 0.112. The van der Waals surface area contributed by atoms with E-state index in [1.54, 1.807) is 13.2 Å². The maximum absolute atomic E-state index is 14.7. The van der Waals surface area contributed by atoms with E-state index in [0.717, 1.165) is 47.0 Å². The molecule has 0 radical (unpaired) electrons. The van der Waals surface area contributed by atoms with Crippen LogP contribution in [0.25, 0.3) is 22.2 Å². The molecule has 0 aliphatic heterocycles. The third kappa shape index (κ3) is 4.23. The minimum Gasteiger partial charge on any atom is -0.382 e. The average Bonchev–Trinajstić information content (AvgIpc) is 3.44. The number of fused-ring (bicyclic) bond motifs is 1. The molecule has 6 heteroatoms. The molecule has 0 spiro atoms. The van der Waals surface area contributed by atoms with E-state index in [9.17, 15) is 4.39 Å². The highest BCUT2D eigenvalue weighted by Crippen LogP contribution is 2.33. The van der Waals surface area contributed by atoms with Crippen molar-refractivity contribution in [2.45, 2.75) is 58.5 Å². The lowest BCUT2D eigenvalue weighted by Crippen LogP contribution is -2.31. The minimum absolute atomic E-state index is 0.214. The first kappa shape index (κ1) is 21.9. The highest BCUT2D eigenvalue weighted by atomic mass is 32.1. The molecule has 31 heavy (non-hydrogen) atoms. The second-order valence-corrected chi connectivity index (χ2v) is 9.52. The Balaban J connectivity index is 1.80. The van der Waals surface area contributed by atoms with Gasteiger partial charge in [0.2, 0.25) is 0 Å². The highest BCUT2D eigenvalue weighted by Gasteiger charge is 2.25. The van der Waals surface area contributed by atoms with E-state index in [1.165, 1.54) is 5.56 Å². The van der Waals surface area contributed by atoms with Gasteiger partial charge in [-0.05, 0) is 74.9 Å². The van der Waals surface area contributed by atoms with Crippen molar-refractivity contribution in [2.24, 2.45) is 0 Å². The molecule has 2 aromatic heterocycles. The molecule has 4 rings (SSSR count). The third-order valence-corrected chi connectivity index (χ3v) is 6.38. The Labute approximate surface area is 188 Å². The smallest absolute Gasteiger partial charge is 0.140 e. The Morgan fingerprint density at radius 1 is 1.32 bits per heavy atom. The first-order chi connectivity index (χ1) is 14.7. The maximum Gasteiger partial charge on any atom is 0.140 e. The number of methoxy groups -OCH3 is 1. The molecular formula is C25H30FN3OS. The zero-order valence-electron chi connectivity index (χ0n) is 18.9. The van der Waals surface area contributed by atoms with Crippen LogP contribution in [0.1, 0.15) is 50.3 Å². The summed E-state index contributed by atoms with van der Waals surface area (Å²) in [6.07, 6.45) is 7.15. The minimum atomic E-state index is -0.282. The standard InChI is InChI=1S/C25H30FN3OS/c1-6-16-13-29(25(3,4)14-30-5)23-20(16)10-17(12-27-23)19-11-21(22(26)9-15(19)2)24(31)28-18-7-8-18/h9-13,18H,6-8,14H2,1-5H3,(H,28,31). The molecule has 0 saturated heterocycles. The van der Waals surface area contributed by atoms with E-state index in [0.29, 0.717) is 23.2 Å². The summed E-state index contributed by atoms with van der Waals surface area (Å²) in [6, 6.07) is 5.99. The Kier molecular flexibility index (Phi) is 5.88. The summed E-state index contributed by atoms with van der Waals surface area (Å²) in [5.41, 5.74) is 5.21. The molecule has 2 heterocycles. The maximum atomic E-state index is 14.7. The number of rotatable bonds is 7. The Morgan fingerprint density at radius 2 is 2.06 bits per heavy atom. The van der Waals surface area contributed by atoms with Gasteiger partial charge in [0.1, 0.15) is 16.5 Å². The normalized spacial score (nSPS) is 14.3. The monoisotopic (exact) mass is 439 g/mol. The predicted molar refractivity (Wildman–Crippen MR) is 128 cm³/mol. The SMILES string of the molecule is CCc1cn(C(C)(C)COC)c2ncc(-c3cc(C(=S)NC4CC4)c(F)cc3C)cc12. The molecule has 0 bridgehead atoms. The first-order valence-electron chi connectivity index (χ1n) is 10.9. The highest BCUT2D eigenvalue weighted by molar-refractivity contribution is 7.80. The molecule has 1 fully saturated rings. The number of aryl methyl sites for hydroxylation is 2. The molecule has 1 aromatic carbocycles. The number of hydrogen-bond acceptors (Lipinski definition) is 3. The number of ether oxygens (including phenoxy) is 1. The van der Waals surface area contributed by atoms with E-state index in [2.05, 4.69) is 42.9 Å². The van der Waals surface area contributed by atoms with Crippen molar-refractivity contribution in [3.8, 4) is 11.1 Å².